The molecule has 1 heterocycles. The summed E-state index contributed by atoms with van der Waals surface area (Å²) in [5.41, 5.74) is -1.58. The Morgan fingerprint density at radius 1 is 1.00 bits per heavy atom. The molecule has 0 N–H and O–H groups in total. The molecule has 0 saturated carbocycles. The van der Waals surface area contributed by atoms with Crippen molar-refractivity contribution >= 4 is 36.4 Å². The van der Waals surface area contributed by atoms with E-state index in [1.54, 1.807) is 24.3 Å². The molecule has 0 bridgehead atoms. The Labute approximate surface area is 176 Å². The summed E-state index contributed by atoms with van der Waals surface area (Å²) in [6, 6.07) is 8.42. The lowest BCUT2D eigenvalue weighted by atomic mass is 10.1. The first-order valence-corrected chi connectivity index (χ1v) is 11.0. The molecule has 3 rings (SSSR count). The zero-order valence-electron chi connectivity index (χ0n) is 15.7. The Kier molecular flexibility index (Phi) is 6.00. The van der Waals surface area contributed by atoms with Crippen molar-refractivity contribution in [3.05, 3.63) is 65.0 Å². The van der Waals surface area contributed by atoms with Gasteiger partial charge in [0, 0.05) is 4.70 Å². The van der Waals surface area contributed by atoms with Crippen molar-refractivity contribution in [1.29, 1.82) is 0 Å². The van der Waals surface area contributed by atoms with Crippen LogP contribution in [0.15, 0.2) is 42.5 Å². The maximum Gasteiger partial charge on any atom is 0.419 e. The van der Waals surface area contributed by atoms with Gasteiger partial charge in [0.2, 0.25) is 10.0 Å². The smallest absolute Gasteiger partial charge is 0.256 e. The number of sulfonamides is 1. The van der Waals surface area contributed by atoms with E-state index in [1.165, 1.54) is 6.92 Å². The van der Waals surface area contributed by atoms with Gasteiger partial charge in [0.15, 0.2) is 5.75 Å². The lowest BCUT2D eigenvalue weighted by molar-refractivity contribution is -0.140. The molecule has 0 unspecified atom stereocenters. The fourth-order valence-electron chi connectivity index (χ4n) is 3.03. The fraction of sp³-hybridized carbons (Fsp3) is 0.263. The normalized spacial score (nSPS) is 13.0. The van der Waals surface area contributed by atoms with Gasteiger partial charge in [-0.3, -0.25) is 4.31 Å². The Bertz CT molecular complexity index is 1210. The van der Waals surface area contributed by atoms with Gasteiger partial charge in [-0.25, -0.2) is 12.8 Å². The van der Waals surface area contributed by atoms with Crippen molar-refractivity contribution in [3.63, 3.8) is 0 Å². The number of benzene rings is 2. The number of nitrogens with zero attached hydrogens (tertiary/aromatic N) is 1. The number of fused-ring (bicyclic) bond motifs is 1. The van der Waals surface area contributed by atoms with Crippen molar-refractivity contribution in [2.45, 2.75) is 25.8 Å². The van der Waals surface area contributed by atoms with E-state index in [-0.39, 0.29) is 10.6 Å². The molecule has 1 aromatic heterocycles. The lowest BCUT2D eigenvalue weighted by Crippen LogP contribution is -2.37. The highest BCUT2D eigenvalue weighted by Crippen LogP contribution is 2.40. The van der Waals surface area contributed by atoms with E-state index in [9.17, 15) is 39.2 Å². The third-order valence-electron chi connectivity index (χ3n) is 4.39. The second-order valence-electron chi connectivity index (χ2n) is 6.72. The van der Waals surface area contributed by atoms with Crippen molar-refractivity contribution in [3.8, 4) is 0 Å². The van der Waals surface area contributed by atoms with E-state index < -0.39 is 46.1 Å². The van der Waals surface area contributed by atoms with E-state index in [2.05, 4.69) is 0 Å². The summed E-state index contributed by atoms with van der Waals surface area (Å²) < 4.78 is 118. The molecular weight excluding hydrogens is 471 g/mol. The number of aryl methyl sites for hydroxylation is 1. The Morgan fingerprint density at radius 2 is 1.65 bits per heavy atom. The van der Waals surface area contributed by atoms with Gasteiger partial charge in [-0.15, -0.1) is 11.3 Å². The van der Waals surface area contributed by atoms with Gasteiger partial charge in [-0.1, -0.05) is 24.3 Å². The van der Waals surface area contributed by atoms with Crippen molar-refractivity contribution in [1.82, 2.24) is 0 Å². The van der Waals surface area contributed by atoms with Gasteiger partial charge in [-0.2, -0.15) is 26.3 Å². The highest BCUT2D eigenvalue weighted by atomic mass is 32.2. The van der Waals surface area contributed by atoms with E-state index in [0.717, 1.165) is 17.4 Å². The molecule has 0 spiro atoms. The SMILES string of the molecule is Cc1c(N(Cc2ccc(F)c(C(F)(F)F)c2)S(=O)(=O)CC(F)(F)F)sc2ccccc12. The van der Waals surface area contributed by atoms with Crippen LogP contribution in [-0.4, -0.2) is 20.3 Å². The van der Waals surface area contributed by atoms with Crippen LogP contribution >= 0.6 is 11.3 Å². The van der Waals surface area contributed by atoms with E-state index in [1.807, 2.05) is 0 Å². The second kappa shape index (κ2) is 7.97. The Morgan fingerprint density at radius 3 is 2.23 bits per heavy atom. The molecule has 0 amide bonds. The number of alkyl halides is 6. The first-order valence-electron chi connectivity index (χ1n) is 8.60. The number of thiophene rings is 1. The number of rotatable bonds is 5. The number of hydrogen-bond acceptors (Lipinski definition) is 3. The van der Waals surface area contributed by atoms with Gasteiger partial charge < -0.3 is 0 Å². The average Bonchev–Trinajstić information content (AvgIpc) is 2.94. The minimum atomic E-state index is -5.07. The predicted molar refractivity (Wildman–Crippen MR) is 104 cm³/mol. The summed E-state index contributed by atoms with van der Waals surface area (Å²) in [7, 11) is -5.02. The van der Waals surface area contributed by atoms with Gasteiger partial charge >= 0.3 is 12.4 Å². The molecule has 3 aromatic rings. The largest absolute Gasteiger partial charge is 0.419 e. The third-order valence-corrected chi connectivity index (χ3v) is 7.48. The average molecular weight is 485 g/mol. The zero-order valence-corrected chi connectivity index (χ0v) is 17.3. The number of anilines is 1. The van der Waals surface area contributed by atoms with Crippen LogP contribution in [0.1, 0.15) is 16.7 Å². The molecule has 3 nitrogen and oxygen atoms in total. The topological polar surface area (TPSA) is 37.4 Å². The molecule has 0 aliphatic heterocycles. The molecule has 0 aliphatic carbocycles. The summed E-state index contributed by atoms with van der Waals surface area (Å²) in [6.07, 6.45) is -10.1. The molecule has 168 valence electrons. The maximum absolute atomic E-state index is 13.6. The molecule has 0 atom stereocenters. The third kappa shape index (κ3) is 5.12. The van der Waals surface area contributed by atoms with Crippen LogP contribution in [0, 0.1) is 12.7 Å². The molecule has 0 aliphatic rings. The summed E-state index contributed by atoms with van der Waals surface area (Å²) >= 11 is 0.900. The van der Waals surface area contributed by atoms with Crippen molar-refractivity contribution in [2.75, 3.05) is 10.1 Å². The minimum Gasteiger partial charge on any atom is -0.256 e. The summed E-state index contributed by atoms with van der Waals surface area (Å²) in [4.78, 5) is 0. The van der Waals surface area contributed by atoms with Crippen LogP contribution in [0.25, 0.3) is 10.1 Å². The van der Waals surface area contributed by atoms with Crippen LogP contribution in [0.2, 0.25) is 0 Å². The number of hydrogen-bond donors (Lipinski definition) is 0. The molecule has 0 fully saturated rings. The molecule has 0 saturated heterocycles. The quantitative estimate of drug-likeness (QED) is 0.400. The van der Waals surface area contributed by atoms with Gasteiger partial charge in [0.05, 0.1) is 12.1 Å². The maximum atomic E-state index is 13.6. The lowest BCUT2D eigenvalue weighted by Gasteiger charge is -2.25. The molecule has 31 heavy (non-hydrogen) atoms. The van der Waals surface area contributed by atoms with Crippen molar-refractivity contribution < 1.29 is 39.2 Å². The van der Waals surface area contributed by atoms with Crippen LogP contribution in [0.3, 0.4) is 0 Å². The summed E-state index contributed by atoms with van der Waals surface area (Å²) in [5, 5.41) is 0.549. The Hall–Kier alpha value is -2.34. The molecule has 2 aromatic carbocycles. The molecule has 12 heteroatoms. The van der Waals surface area contributed by atoms with Gasteiger partial charge in [-0.05, 0) is 41.6 Å². The Balaban J connectivity index is 2.14. The van der Waals surface area contributed by atoms with Crippen LogP contribution < -0.4 is 4.31 Å². The number of halogens is 7. The van der Waals surface area contributed by atoms with Crippen LogP contribution in [0.4, 0.5) is 35.7 Å². The monoisotopic (exact) mass is 485 g/mol. The highest BCUT2D eigenvalue weighted by molar-refractivity contribution is 7.93. The van der Waals surface area contributed by atoms with E-state index >= 15 is 0 Å². The molecular formula is C19H14F7NO2S2. The van der Waals surface area contributed by atoms with E-state index in [4.69, 9.17) is 0 Å². The van der Waals surface area contributed by atoms with Gasteiger partial charge in [0.1, 0.15) is 10.8 Å². The van der Waals surface area contributed by atoms with Gasteiger partial charge in [0.25, 0.3) is 0 Å². The zero-order chi connectivity index (χ0) is 23.2. The van der Waals surface area contributed by atoms with E-state index in [0.29, 0.717) is 32.1 Å². The first kappa shape index (κ1) is 23.3. The summed E-state index contributed by atoms with van der Waals surface area (Å²) in [6.45, 7) is 0.686. The predicted octanol–water partition coefficient (Wildman–Crippen LogP) is 6.27. The summed E-state index contributed by atoms with van der Waals surface area (Å²) in [5.74, 6) is -3.76. The van der Waals surface area contributed by atoms with Crippen LogP contribution in [-0.2, 0) is 22.7 Å². The highest BCUT2D eigenvalue weighted by Gasteiger charge is 2.40. The second-order valence-corrected chi connectivity index (χ2v) is 9.64. The van der Waals surface area contributed by atoms with Crippen molar-refractivity contribution in [2.24, 2.45) is 0 Å². The minimum absolute atomic E-state index is 0.0525. The fourth-order valence-corrected chi connectivity index (χ4v) is 5.91. The standard InChI is InChI=1S/C19H14F7NO2S2/c1-11-13-4-2-3-5-16(13)30-17(11)27(31(28,29)10-18(21,22)23)9-12-6-7-15(20)14(8-12)19(24,25)26/h2-8H,9-10H2,1H3. The first-order chi connectivity index (χ1) is 14.2. The van der Waals surface area contributed by atoms with Crippen LogP contribution in [0.5, 0.6) is 0 Å². The molecule has 0 radical (unpaired) electrons.